The van der Waals surface area contributed by atoms with E-state index >= 15 is 0 Å². The molecule has 4 aliphatic carbocycles. The van der Waals surface area contributed by atoms with E-state index in [4.69, 9.17) is 14.2 Å². The van der Waals surface area contributed by atoms with Crippen LogP contribution in [-0.4, -0.2) is 37.2 Å². The van der Waals surface area contributed by atoms with E-state index < -0.39 is 0 Å². The van der Waals surface area contributed by atoms with Crippen molar-refractivity contribution in [2.24, 2.45) is 46.3 Å². The van der Waals surface area contributed by atoms with Gasteiger partial charge in [-0.25, -0.2) is 0 Å². The molecule has 196 valence electrons. The van der Waals surface area contributed by atoms with E-state index in [-0.39, 0.29) is 40.9 Å². The number of rotatable bonds is 6. The first kappa shape index (κ1) is 26.2. The van der Waals surface area contributed by atoms with Crippen LogP contribution in [-0.2, 0) is 28.6 Å². The molecule has 0 aromatic rings. The third-order valence-electron chi connectivity index (χ3n) is 10.6. The molecule has 0 bridgehead atoms. The molecular formula is C29H44O6. The Labute approximate surface area is 210 Å². The Bertz CT molecular complexity index is 865. The number of ether oxygens (including phenoxy) is 3. The van der Waals surface area contributed by atoms with Gasteiger partial charge in [-0.05, 0) is 85.9 Å². The van der Waals surface area contributed by atoms with Crippen LogP contribution in [0.2, 0.25) is 0 Å². The number of fused-ring (bicyclic) bond motifs is 5. The summed E-state index contributed by atoms with van der Waals surface area (Å²) in [5.74, 6) is 1.95. The maximum absolute atomic E-state index is 12.3. The fraction of sp³-hybridized carbons (Fsp3) is 0.828. The molecule has 10 atom stereocenters. The van der Waals surface area contributed by atoms with E-state index in [2.05, 4.69) is 32.9 Å². The lowest BCUT2D eigenvalue weighted by molar-refractivity contribution is -0.183. The highest BCUT2D eigenvalue weighted by Gasteiger charge is 2.64. The van der Waals surface area contributed by atoms with Gasteiger partial charge in [-0.3, -0.25) is 14.4 Å². The van der Waals surface area contributed by atoms with Crippen molar-refractivity contribution >= 4 is 17.9 Å². The number of carbonyl (C=O) groups excluding carboxylic acids is 3. The highest BCUT2D eigenvalue weighted by molar-refractivity contribution is 5.69. The maximum Gasteiger partial charge on any atom is 0.305 e. The molecule has 6 heteroatoms. The first-order valence-corrected chi connectivity index (χ1v) is 13.6. The number of carbonyl (C=O) groups is 3. The van der Waals surface area contributed by atoms with Crippen LogP contribution < -0.4 is 0 Å². The minimum absolute atomic E-state index is 0.00332. The predicted octanol–water partition coefficient (Wildman–Crippen LogP) is 5.48. The predicted molar refractivity (Wildman–Crippen MR) is 132 cm³/mol. The van der Waals surface area contributed by atoms with E-state index in [0.29, 0.717) is 41.9 Å². The summed E-state index contributed by atoms with van der Waals surface area (Å²) in [4.78, 5) is 35.7. The highest BCUT2D eigenvalue weighted by Crippen LogP contribution is 2.67. The van der Waals surface area contributed by atoms with E-state index in [9.17, 15) is 14.4 Å². The second-order valence-corrected chi connectivity index (χ2v) is 12.3. The normalized spacial score (nSPS) is 42.7. The Morgan fingerprint density at radius 3 is 2.34 bits per heavy atom. The summed E-state index contributed by atoms with van der Waals surface area (Å²) in [6, 6.07) is 0. The van der Waals surface area contributed by atoms with Crippen molar-refractivity contribution in [3.05, 3.63) is 12.2 Å². The quantitative estimate of drug-likeness (QED) is 0.280. The van der Waals surface area contributed by atoms with Crippen LogP contribution in [0, 0.1) is 46.3 Å². The van der Waals surface area contributed by atoms with Gasteiger partial charge in [-0.1, -0.05) is 32.9 Å². The fourth-order valence-corrected chi connectivity index (χ4v) is 8.85. The number of hydrogen-bond donors (Lipinski definition) is 0. The number of methoxy groups -OCH3 is 1. The zero-order valence-electron chi connectivity index (χ0n) is 22.4. The summed E-state index contributed by atoms with van der Waals surface area (Å²) in [5.41, 5.74) is 0.00916. The van der Waals surface area contributed by atoms with Gasteiger partial charge in [-0.2, -0.15) is 0 Å². The van der Waals surface area contributed by atoms with Crippen molar-refractivity contribution in [2.45, 2.75) is 98.2 Å². The molecule has 0 radical (unpaired) electrons. The van der Waals surface area contributed by atoms with E-state index in [1.54, 1.807) is 0 Å². The molecule has 3 saturated carbocycles. The van der Waals surface area contributed by atoms with Crippen molar-refractivity contribution in [3.63, 3.8) is 0 Å². The highest BCUT2D eigenvalue weighted by atomic mass is 16.5. The van der Waals surface area contributed by atoms with E-state index in [1.807, 2.05) is 0 Å². The van der Waals surface area contributed by atoms with E-state index in [1.165, 1.54) is 21.0 Å². The maximum atomic E-state index is 12.3. The number of hydrogen-bond acceptors (Lipinski definition) is 6. The molecule has 0 saturated heterocycles. The lowest BCUT2D eigenvalue weighted by atomic mass is 9.45. The van der Waals surface area contributed by atoms with Crippen molar-refractivity contribution in [1.29, 1.82) is 0 Å². The zero-order chi connectivity index (χ0) is 25.5. The number of allylic oxidation sites excluding steroid dienone is 2. The molecule has 0 aliphatic heterocycles. The summed E-state index contributed by atoms with van der Waals surface area (Å²) in [6.45, 7) is 10.1. The summed E-state index contributed by atoms with van der Waals surface area (Å²) in [7, 11) is 1.45. The molecule has 0 unspecified atom stereocenters. The largest absolute Gasteiger partial charge is 0.469 e. The Morgan fingerprint density at radius 2 is 1.69 bits per heavy atom. The van der Waals surface area contributed by atoms with Crippen LogP contribution in [0.4, 0.5) is 0 Å². The van der Waals surface area contributed by atoms with Crippen LogP contribution in [0.5, 0.6) is 0 Å². The van der Waals surface area contributed by atoms with Gasteiger partial charge in [0, 0.05) is 25.7 Å². The minimum Gasteiger partial charge on any atom is -0.469 e. The first-order valence-electron chi connectivity index (χ1n) is 13.6. The van der Waals surface area contributed by atoms with Gasteiger partial charge in [0.25, 0.3) is 0 Å². The second-order valence-electron chi connectivity index (χ2n) is 12.3. The van der Waals surface area contributed by atoms with Gasteiger partial charge in [0.15, 0.2) is 0 Å². The Hall–Kier alpha value is -1.85. The smallest absolute Gasteiger partial charge is 0.305 e. The van der Waals surface area contributed by atoms with Gasteiger partial charge >= 0.3 is 17.9 Å². The van der Waals surface area contributed by atoms with Crippen LogP contribution in [0.1, 0.15) is 86.0 Å². The van der Waals surface area contributed by atoms with Crippen LogP contribution in [0.3, 0.4) is 0 Å². The van der Waals surface area contributed by atoms with Gasteiger partial charge < -0.3 is 14.2 Å². The molecular weight excluding hydrogens is 444 g/mol. The summed E-state index contributed by atoms with van der Waals surface area (Å²) in [6.07, 6.45) is 11.9. The van der Waals surface area contributed by atoms with Crippen molar-refractivity contribution in [2.75, 3.05) is 7.11 Å². The van der Waals surface area contributed by atoms with Crippen LogP contribution >= 0.6 is 0 Å². The molecule has 4 rings (SSSR count). The molecule has 0 spiro atoms. The molecule has 4 aliphatic rings. The van der Waals surface area contributed by atoms with Gasteiger partial charge in [-0.15, -0.1) is 0 Å². The fourth-order valence-electron chi connectivity index (χ4n) is 8.85. The average molecular weight is 489 g/mol. The molecule has 3 fully saturated rings. The number of esters is 3. The molecule has 0 amide bonds. The van der Waals surface area contributed by atoms with Crippen molar-refractivity contribution in [3.8, 4) is 0 Å². The van der Waals surface area contributed by atoms with Crippen LogP contribution in [0.25, 0.3) is 0 Å². The lowest BCUT2D eigenvalue weighted by Crippen LogP contribution is -2.58. The third-order valence-corrected chi connectivity index (χ3v) is 10.6. The zero-order valence-corrected chi connectivity index (χ0v) is 22.4. The molecule has 0 aromatic carbocycles. The molecule has 0 aromatic heterocycles. The molecule has 35 heavy (non-hydrogen) atoms. The summed E-state index contributed by atoms with van der Waals surface area (Å²) in [5, 5.41) is 0. The standard InChI is InChI=1S/C29H44O6/c1-17(7-12-27(32)33-6)23-10-11-24-22-9-8-20-15-21(34-18(2)30)13-14-28(20,4)25(22)16-26(29(23,24)5)35-19(3)31/h8-9,17,20-26H,7,10-16H2,1-6H3/t17-,20+,21+,22-,23+,24+,25-,26-,28-,29+/m0/s1. The van der Waals surface area contributed by atoms with Gasteiger partial charge in [0.05, 0.1) is 7.11 Å². The Kier molecular flexibility index (Phi) is 7.41. The van der Waals surface area contributed by atoms with Crippen molar-refractivity contribution in [1.82, 2.24) is 0 Å². The SMILES string of the molecule is COC(=O)CC[C@H](C)[C@H]1CC[C@@H]2[C@@H]3C=C[C@@H]4C[C@H](OC(C)=O)CC[C@]4(C)[C@H]3C[C@H](OC(C)=O)[C@@]21C. The summed E-state index contributed by atoms with van der Waals surface area (Å²) >= 11 is 0. The Morgan fingerprint density at radius 1 is 0.971 bits per heavy atom. The van der Waals surface area contributed by atoms with Crippen LogP contribution in [0.15, 0.2) is 12.2 Å². The lowest BCUT2D eigenvalue weighted by Gasteiger charge is -2.61. The molecule has 0 heterocycles. The minimum atomic E-state index is -0.201. The summed E-state index contributed by atoms with van der Waals surface area (Å²) < 4.78 is 16.6. The Balaban J connectivity index is 1.61. The average Bonchev–Trinajstić information content (AvgIpc) is 3.16. The van der Waals surface area contributed by atoms with Crippen molar-refractivity contribution < 1.29 is 28.6 Å². The van der Waals surface area contributed by atoms with Gasteiger partial charge in [0.1, 0.15) is 12.2 Å². The monoisotopic (exact) mass is 488 g/mol. The second kappa shape index (κ2) is 9.89. The first-order chi connectivity index (χ1) is 16.5. The van der Waals surface area contributed by atoms with E-state index in [0.717, 1.165) is 44.9 Å². The molecule has 0 N–H and O–H groups in total. The molecule has 6 nitrogen and oxygen atoms in total. The van der Waals surface area contributed by atoms with Gasteiger partial charge in [0.2, 0.25) is 0 Å². The topological polar surface area (TPSA) is 78.9 Å². The third kappa shape index (κ3) is 4.67.